The van der Waals surface area contributed by atoms with Gasteiger partial charge in [-0.15, -0.1) is 0 Å². The van der Waals surface area contributed by atoms with E-state index in [1.165, 1.54) is 12.1 Å². The number of halogens is 3. The summed E-state index contributed by atoms with van der Waals surface area (Å²) in [5, 5.41) is 10.8. The van der Waals surface area contributed by atoms with Crippen LogP contribution in [0.1, 0.15) is 55.0 Å². The van der Waals surface area contributed by atoms with Crippen molar-refractivity contribution in [2.24, 2.45) is 0 Å². The largest absolute Gasteiger partial charge is 0.481 e. The second-order valence-corrected chi connectivity index (χ2v) is 10.1. The normalized spacial score (nSPS) is 20.6. The summed E-state index contributed by atoms with van der Waals surface area (Å²) >= 11 is 12.5. The maximum absolute atomic E-state index is 14.1. The molecule has 1 heterocycles. The summed E-state index contributed by atoms with van der Waals surface area (Å²) in [6.07, 6.45) is -0.308. The molecule has 0 bridgehead atoms. The minimum Gasteiger partial charge on any atom is -0.481 e. The van der Waals surface area contributed by atoms with Gasteiger partial charge in [-0.2, -0.15) is 0 Å². The lowest BCUT2D eigenvalue weighted by Gasteiger charge is -2.48. The van der Waals surface area contributed by atoms with Crippen LogP contribution in [0.25, 0.3) is 0 Å². The third-order valence-corrected chi connectivity index (χ3v) is 7.06. The molecule has 37 heavy (non-hydrogen) atoms. The fraction of sp³-hybridized carbons (Fsp3) is 0.310. The van der Waals surface area contributed by atoms with Crippen molar-refractivity contribution in [2.75, 3.05) is 0 Å². The van der Waals surface area contributed by atoms with Crippen LogP contribution in [0, 0.1) is 5.82 Å². The first-order valence-electron chi connectivity index (χ1n) is 12.2. The molecule has 1 aliphatic heterocycles. The summed E-state index contributed by atoms with van der Waals surface area (Å²) in [4.78, 5) is 27.6. The maximum Gasteiger partial charge on any atom is 0.305 e. The molecule has 4 atom stereocenters. The number of hydrogen-bond acceptors (Lipinski definition) is 3. The molecule has 0 aromatic heterocycles. The lowest BCUT2D eigenvalue weighted by molar-refractivity contribution is -0.180. The van der Waals surface area contributed by atoms with Crippen LogP contribution >= 0.6 is 23.2 Å². The molecule has 3 aromatic carbocycles. The quantitative estimate of drug-likeness (QED) is 0.314. The molecule has 4 rings (SSSR count). The van der Waals surface area contributed by atoms with E-state index >= 15 is 0 Å². The average Bonchev–Trinajstić information content (AvgIpc) is 2.86. The van der Waals surface area contributed by atoms with Crippen LogP contribution < -0.4 is 0 Å². The van der Waals surface area contributed by atoms with Gasteiger partial charge < -0.3 is 14.7 Å². The second-order valence-electron chi connectivity index (χ2n) is 9.21. The second kappa shape index (κ2) is 12.1. The predicted octanol–water partition coefficient (Wildman–Crippen LogP) is 7.03. The van der Waals surface area contributed by atoms with E-state index in [9.17, 15) is 19.1 Å². The van der Waals surface area contributed by atoms with Crippen LogP contribution in [0.5, 0.6) is 0 Å². The van der Waals surface area contributed by atoms with E-state index in [1.807, 2.05) is 31.2 Å². The Kier molecular flexibility index (Phi) is 8.85. The molecule has 1 N–H and O–H groups in total. The molecule has 194 valence electrons. The number of carboxylic acids is 1. The number of carbonyl (C=O) groups excluding carboxylic acids is 1. The number of carbonyl (C=O) groups is 2. The molecular formula is C29H28Cl2FNO4. The monoisotopic (exact) mass is 543 g/mol. The van der Waals surface area contributed by atoms with E-state index in [2.05, 4.69) is 0 Å². The van der Waals surface area contributed by atoms with Gasteiger partial charge in [-0.25, -0.2) is 4.39 Å². The third-order valence-electron chi connectivity index (χ3n) is 6.58. The Bertz CT molecular complexity index is 1240. The highest BCUT2D eigenvalue weighted by Crippen LogP contribution is 2.45. The van der Waals surface area contributed by atoms with Gasteiger partial charge in [0.2, 0.25) is 0 Å². The number of ether oxygens (including phenoxy) is 1. The third kappa shape index (κ3) is 6.50. The average molecular weight is 544 g/mol. The molecule has 0 spiro atoms. The van der Waals surface area contributed by atoms with Crippen molar-refractivity contribution in [3.63, 3.8) is 0 Å². The van der Waals surface area contributed by atoms with Crippen LogP contribution in [0.2, 0.25) is 10.0 Å². The van der Waals surface area contributed by atoms with Crippen LogP contribution in [0.3, 0.4) is 0 Å². The first kappa shape index (κ1) is 27.1. The lowest BCUT2D eigenvalue weighted by atomic mass is 9.88. The van der Waals surface area contributed by atoms with Crippen molar-refractivity contribution in [2.45, 2.75) is 56.9 Å². The van der Waals surface area contributed by atoms with Gasteiger partial charge >= 0.3 is 5.97 Å². The Labute approximate surface area is 225 Å². The molecule has 0 saturated carbocycles. The van der Waals surface area contributed by atoms with E-state index in [-0.39, 0.29) is 24.6 Å². The first-order chi connectivity index (χ1) is 17.8. The van der Waals surface area contributed by atoms with Crippen molar-refractivity contribution >= 4 is 35.1 Å². The van der Waals surface area contributed by atoms with Gasteiger partial charge in [-0.05, 0) is 59.5 Å². The number of rotatable bonds is 9. The Hall–Kier alpha value is -2.93. The van der Waals surface area contributed by atoms with E-state index in [1.54, 1.807) is 41.3 Å². The Morgan fingerprint density at radius 3 is 2.35 bits per heavy atom. The standard InChI is InChI=1S/C29H28Cl2FNO4/c1-2-4-24(17-26(34)35)33-27(19-9-11-21(30)12-10-19)28(20-5-3-6-22(31)16-20)37-25(29(33)36)15-18-7-13-23(32)14-8-18/h3,5-14,16,24-25,27-28H,2,4,15,17H2,1H3,(H,34,35)/t24-,25-,27+,28-/m0/s1. The van der Waals surface area contributed by atoms with Gasteiger partial charge in [0.05, 0.1) is 12.5 Å². The molecule has 8 heteroatoms. The van der Waals surface area contributed by atoms with Crippen LogP contribution in [-0.4, -0.2) is 34.0 Å². The maximum atomic E-state index is 14.1. The lowest BCUT2D eigenvalue weighted by Crippen LogP contribution is -2.55. The number of amides is 1. The number of hydrogen-bond donors (Lipinski definition) is 1. The van der Waals surface area contributed by atoms with Crippen LogP contribution in [0.4, 0.5) is 4.39 Å². The van der Waals surface area contributed by atoms with Crippen LogP contribution in [0.15, 0.2) is 72.8 Å². The first-order valence-corrected chi connectivity index (χ1v) is 13.0. The summed E-state index contributed by atoms with van der Waals surface area (Å²) in [7, 11) is 0. The van der Waals surface area contributed by atoms with Gasteiger partial charge in [0.15, 0.2) is 0 Å². The summed E-state index contributed by atoms with van der Waals surface area (Å²) in [5.74, 6) is -1.66. The minimum absolute atomic E-state index is 0.199. The predicted molar refractivity (Wildman–Crippen MR) is 141 cm³/mol. The number of carboxylic acid groups (broad SMARTS) is 1. The van der Waals surface area contributed by atoms with E-state index in [4.69, 9.17) is 27.9 Å². The summed E-state index contributed by atoms with van der Waals surface area (Å²) in [5.41, 5.74) is 2.27. The molecule has 0 unspecified atom stereocenters. The van der Waals surface area contributed by atoms with Gasteiger partial charge in [0.1, 0.15) is 18.0 Å². The number of nitrogens with zero attached hydrogens (tertiary/aromatic N) is 1. The highest BCUT2D eigenvalue weighted by molar-refractivity contribution is 6.30. The molecule has 1 saturated heterocycles. The van der Waals surface area contributed by atoms with Crippen molar-refractivity contribution in [3.05, 3.63) is 105 Å². The van der Waals surface area contributed by atoms with Crippen molar-refractivity contribution < 1.29 is 23.8 Å². The van der Waals surface area contributed by atoms with E-state index in [0.29, 0.717) is 22.9 Å². The topological polar surface area (TPSA) is 66.8 Å². The van der Waals surface area contributed by atoms with Gasteiger partial charge in [0.25, 0.3) is 5.91 Å². The number of morpholine rings is 1. The van der Waals surface area contributed by atoms with E-state index in [0.717, 1.165) is 16.7 Å². The molecule has 3 aromatic rings. The zero-order valence-corrected chi connectivity index (χ0v) is 21.8. The molecule has 0 radical (unpaired) electrons. The zero-order chi connectivity index (χ0) is 26.5. The van der Waals surface area contributed by atoms with Crippen LogP contribution in [-0.2, 0) is 20.7 Å². The molecule has 1 aliphatic rings. The smallest absolute Gasteiger partial charge is 0.305 e. The Morgan fingerprint density at radius 2 is 1.73 bits per heavy atom. The summed E-state index contributed by atoms with van der Waals surface area (Å²) in [6.45, 7) is 1.96. The fourth-order valence-corrected chi connectivity index (χ4v) is 5.27. The Morgan fingerprint density at radius 1 is 1.03 bits per heavy atom. The molecule has 5 nitrogen and oxygen atoms in total. The highest BCUT2D eigenvalue weighted by atomic mass is 35.5. The molecular weight excluding hydrogens is 516 g/mol. The summed E-state index contributed by atoms with van der Waals surface area (Å²) < 4.78 is 20.0. The summed E-state index contributed by atoms with van der Waals surface area (Å²) in [6, 6.07) is 19.2. The fourth-order valence-electron chi connectivity index (χ4n) is 4.95. The van der Waals surface area contributed by atoms with E-state index < -0.39 is 30.3 Å². The van der Waals surface area contributed by atoms with Gasteiger partial charge in [0, 0.05) is 22.5 Å². The number of benzene rings is 3. The Balaban J connectivity index is 1.85. The van der Waals surface area contributed by atoms with Gasteiger partial charge in [-0.3, -0.25) is 9.59 Å². The molecule has 1 fully saturated rings. The molecule has 0 aliphatic carbocycles. The number of aliphatic carboxylic acids is 1. The van der Waals surface area contributed by atoms with Crippen molar-refractivity contribution in [3.8, 4) is 0 Å². The van der Waals surface area contributed by atoms with Gasteiger partial charge in [-0.1, -0.05) is 72.9 Å². The van der Waals surface area contributed by atoms with Crippen molar-refractivity contribution in [1.82, 2.24) is 4.90 Å². The van der Waals surface area contributed by atoms with Crippen molar-refractivity contribution in [1.29, 1.82) is 0 Å². The highest BCUT2D eigenvalue weighted by Gasteiger charge is 2.47. The minimum atomic E-state index is -0.984. The SMILES string of the molecule is CCC[C@@H](CC(=O)O)N1C(=O)[C@H](Cc2ccc(F)cc2)O[C@@H](c2cccc(Cl)c2)[C@H]1c1ccc(Cl)cc1. The zero-order valence-electron chi connectivity index (χ0n) is 20.3. The molecule has 1 amide bonds.